The van der Waals surface area contributed by atoms with Crippen LogP contribution in [-0.4, -0.2) is 60.8 Å². The molecule has 3 atom stereocenters. The van der Waals surface area contributed by atoms with Crippen LogP contribution in [0.3, 0.4) is 0 Å². The maximum absolute atomic E-state index is 12.3. The summed E-state index contributed by atoms with van der Waals surface area (Å²) in [6.45, 7) is -0.0334. The number of carbonyl (C=O) groups excluding carboxylic acids is 1. The fourth-order valence-electron chi connectivity index (χ4n) is 3.21. The van der Waals surface area contributed by atoms with E-state index >= 15 is 0 Å². The number of aliphatic hydroxyl groups excluding tert-OH is 1. The van der Waals surface area contributed by atoms with E-state index in [9.17, 15) is 18.3 Å². The Labute approximate surface area is 169 Å². The topological polar surface area (TPSA) is 131 Å². The van der Waals surface area contributed by atoms with Crippen molar-refractivity contribution in [2.24, 2.45) is 0 Å². The molecule has 156 valence electrons. The first-order valence-electron chi connectivity index (χ1n) is 9.37. The van der Waals surface area contributed by atoms with Gasteiger partial charge in [-0.3, -0.25) is 9.78 Å². The summed E-state index contributed by atoms with van der Waals surface area (Å²) in [6, 6.07) is 7.80. The summed E-state index contributed by atoms with van der Waals surface area (Å²) in [7, 11) is -3.56. The highest BCUT2D eigenvalue weighted by Gasteiger charge is 2.32. The molecule has 1 aromatic heterocycles. The van der Waals surface area contributed by atoms with Crippen molar-refractivity contribution in [1.29, 1.82) is 0 Å². The minimum absolute atomic E-state index is 0.196. The van der Waals surface area contributed by atoms with E-state index in [1.54, 1.807) is 18.2 Å². The number of carbonyl (C=O) groups is 1. The first kappa shape index (κ1) is 21.3. The molecule has 0 unspecified atom stereocenters. The number of sulfonamides is 1. The quantitative estimate of drug-likeness (QED) is 0.566. The predicted molar refractivity (Wildman–Crippen MR) is 105 cm³/mol. The summed E-state index contributed by atoms with van der Waals surface area (Å²) < 4.78 is 32.9. The van der Waals surface area contributed by atoms with Gasteiger partial charge in [-0.25, -0.2) is 18.1 Å². The van der Waals surface area contributed by atoms with Crippen molar-refractivity contribution in [3.8, 4) is 0 Å². The van der Waals surface area contributed by atoms with Crippen molar-refractivity contribution < 1.29 is 23.1 Å². The Bertz CT molecular complexity index is 895. The van der Waals surface area contributed by atoms with Gasteiger partial charge in [-0.05, 0) is 31.4 Å². The maximum atomic E-state index is 12.3. The molecule has 1 fully saturated rings. The van der Waals surface area contributed by atoms with Gasteiger partial charge in [0.05, 0.1) is 29.8 Å². The third-order valence-corrected chi connectivity index (χ3v) is 6.20. The molecule has 1 aliphatic heterocycles. The maximum Gasteiger partial charge on any atom is 0.271 e. The smallest absolute Gasteiger partial charge is 0.271 e. The molecule has 2 heterocycles. The van der Waals surface area contributed by atoms with E-state index in [-0.39, 0.29) is 41.8 Å². The van der Waals surface area contributed by atoms with Crippen LogP contribution >= 0.6 is 0 Å². The molecule has 29 heavy (non-hydrogen) atoms. The molecule has 0 spiro atoms. The van der Waals surface area contributed by atoms with Gasteiger partial charge < -0.3 is 15.2 Å². The zero-order valence-corrected chi connectivity index (χ0v) is 16.6. The Morgan fingerprint density at radius 2 is 2.00 bits per heavy atom. The van der Waals surface area contributed by atoms with Crippen LogP contribution in [0.4, 0.5) is 0 Å². The van der Waals surface area contributed by atoms with Gasteiger partial charge in [0, 0.05) is 18.9 Å². The van der Waals surface area contributed by atoms with E-state index in [1.807, 2.05) is 0 Å². The molecule has 3 rings (SSSR count). The number of aliphatic hydroxyl groups is 1. The number of aromatic nitrogens is 2. The lowest BCUT2D eigenvalue weighted by atomic mass is 9.97. The van der Waals surface area contributed by atoms with Crippen LogP contribution in [-0.2, 0) is 14.8 Å². The number of amides is 1. The van der Waals surface area contributed by atoms with Crippen LogP contribution in [0.15, 0.2) is 53.8 Å². The number of nitrogens with one attached hydrogen (secondary N) is 2. The normalized spacial score (nSPS) is 22.2. The van der Waals surface area contributed by atoms with E-state index in [2.05, 4.69) is 20.0 Å². The van der Waals surface area contributed by atoms with Crippen LogP contribution < -0.4 is 10.0 Å². The molecular formula is C19H24N4O5S. The minimum Gasteiger partial charge on any atom is -0.394 e. The number of benzene rings is 1. The highest BCUT2D eigenvalue weighted by molar-refractivity contribution is 7.89. The minimum atomic E-state index is -3.56. The number of hydrogen-bond acceptors (Lipinski definition) is 7. The summed E-state index contributed by atoms with van der Waals surface area (Å²) in [5.74, 6) is -0.376. The molecule has 9 nitrogen and oxygen atoms in total. The van der Waals surface area contributed by atoms with Gasteiger partial charge in [0.25, 0.3) is 5.91 Å². The summed E-state index contributed by atoms with van der Waals surface area (Å²) in [4.78, 5) is 20.3. The molecule has 0 radical (unpaired) electrons. The first-order chi connectivity index (χ1) is 14.0. The van der Waals surface area contributed by atoms with Crippen LogP contribution in [0.1, 0.15) is 29.8 Å². The van der Waals surface area contributed by atoms with Crippen LogP contribution in [0.5, 0.6) is 0 Å². The largest absolute Gasteiger partial charge is 0.394 e. The monoisotopic (exact) mass is 420 g/mol. The second-order valence-electron chi connectivity index (χ2n) is 6.73. The fourth-order valence-corrected chi connectivity index (χ4v) is 4.27. The van der Waals surface area contributed by atoms with Gasteiger partial charge in [0.2, 0.25) is 10.0 Å². The lowest BCUT2D eigenvalue weighted by Gasteiger charge is -2.36. The van der Waals surface area contributed by atoms with Gasteiger partial charge in [-0.2, -0.15) is 0 Å². The summed E-state index contributed by atoms with van der Waals surface area (Å²) >= 11 is 0. The Balaban J connectivity index is 1.49. The van der Waals surface area contributed by atoms with Crippen molar-refractivity contribution in [2.75, 3.05) is 13.2 Å². The van der Waals surface area contributed by atoms with E-state index in [0.29, 0.717) is 19.3 Å². The highest BCUT2D eigenvalue weighted by atomic mass is 32.2. The Morgan fingerprint density at radius 1 is 1.21 bits per heavy atom. The Kier molecular flexibility index (Phi) is 7.26. The van der Waals surface area contributed by atoms with Crippen molar-refractivity contribution >= 4 is 15.9 Å². The van der Waals surface area contributed by atoms with Crippen molar-refractivity contribution in [3.63, 3.8) is 0 Å². The first-order valence-corrected chi connectivity index (χ1v) is 10.9. The van der Waals surface area contributed by atoms with Crippen LogP contribution in [0.25, 0.3) is 0 Å². The van der Waals surface area contributed by atoms with Crippen molar-refractivity contribution in [2.45, 2.75) is 42.4 Å². The van der Waals surface area contributed by atoms with Gasteiger partial charge in [-0.1, -0.05) is 18.2 Å². The van der Waals surface area contributed by atoms with Gasteiger partial charge in [-0.15, -0.1) is 0 Å². The number of hydrogen-bond donors (Lipinski definition) is 3. The highest BCUT2D eigenvalue weighted by Crippen LogP contribution is 2.22. The number of ether oxygens (including phenoxy) is 1. The lowest BCUT2D eigenvalue weighted by Crippen LogP contribution is -2.51. The molecule has 1 saturated heterocycles. The average molecular weight is 420 g/mol. The van der Waals surface area contributed by atoms with Gasteiger partial charge >= 0.3 is 0 Å². The molecular weight excluding hydrogens is 396 g/mol. The van der Waals surface area contributed by atoms with Crippen molar-refractivity contribution in [3.05, 3.63) is 54.6 Å². The molecule has 1 amide bonds. The third kappa shape index (κ3) is 5.80. The molecule has 1 aliphatic rings. The standard InChI is InChI=1S/C19H24N4O5S/c24-13-18-16(23-19(25)17-12-20-10-11-21-17)7-6-14(28-18)8-9-22-29(26,27)15-4-2-1-3-5-15/h1-5,10-12,14,16,18,22,24H,6-9,13H2,(H,23,25)/t14-,16+,18+/m1/s1. The van der Waals surface area contributed by atoms with E-state index in [1.165, 1.54) is 30.7 Å². The lowest BCUT2D eigenvalue weighted by molar-refractivity contribution is -0.0891. The molecule has 1 aromatic carbocycles. The van der Waals surface area contributed by atoms with Gasteiger partial charge in [0.15, 0.2) is 0 Å². The Morgan fingerprint density at radius 3 is 2.69 bits per heavy atom. The summed E-state index contributed by atoms with van der Waals surface area (Å²) in [5, 5.41) is 12.5. The molecule has 0 saturated carbocycles. The molecule has 3 N–H and O–H groups in total. The van der Waals surface area contributed by atoms with E-state index < -0.39 is 16.1 Å². The zero-order chi connectivity index (χ0) is 20.7. The zero-order valence-electron chi connectivity index (χ0n) is 15.8. The second-order valence-corrected chi connectivity index (χ2v) is 8.49. The fraction of sp³-hybridized carbons (Fsp3) is 0.421. The number of nitrogens with zero attached hydrogens (tertiary/aromatic N) is 2. The number of rotatable bonds is 8. The van der Waals surface area contributed by atoms with Crippen LogP contribution in [0, 0.1) is 0 Å². The third-order valence-electron chi connectivity index (χ3n) is 4.72. The summed E-state index contributed by atoms with van der Waals surface area (Å²) in [5.41, 5.74) is 0.196. The SMILES string of the molecule is O=C(N[C@H]1CC[C@H](CCNS(=O)(=O)c2ccccc2)O[C@H]1CO)c1cnccn1. The van der Waals surface area contributed by atoms with Crippen LogP contribution in [0.2, 0.25) is 0 Å². The average Bonchev–Trinajstić information content (AvgIpc) is 2.75. The second kappa shape index (κ2) is 9.88. The summed E-state index contributed by atoms with van der Waals surface area (Å²) in [6.07, 6.45) is 5.20. The molecule has 2 aromatic rings. The van der Waals surface area contributed by atoms with E-state index in [0.717, 1.165) is 0 Å². The van der Waals surface area contributed by atoms with Crippen molar-refractivity contribution in [1.82, 2.24) is 20.0 Å². The molecule has 0 bridgehead atoms. The van der Waals surface area contributed by atoms with Gasteiger partial charge in [0.1, 0.15) is 11.8 Å². The Hall–Kier alpha value is -2.40. The molecule has 10 heteroatoms. The predicted octanol–water partition coefficient (Wildman–Crippen LogP) is 0.483. The molecule has 0 aliphatic carbocycles. The van der Waals surface area contributed by atoms with E-state index in [4.69, 9.17) is 4.74 Å².